The van der Waals surface area contributed by atoms with E-state index in [0.717, 1.165) is 25.1 Å². The fourth-order valence-electron chi connectivity index (χ4n) is 2.82. The molecule has 0 bridgehead atoms. The van der Waals surface area contributed by atoms with E-state index < -0.39 is 0 Å². The minimum Gasteiger partial charge on any atom is -0.338 e. The maximum absolute atomic E-state index is 13.6. The van der Waals surface area contributed by atoms with E-state index in [2.05, 4.69) is 10.2 Å². The number of benzene rings is 1. The number of carbonyl (C=O) groups excluding carboxylic acids is 1. The van der Waals surface area contributed by atoms with E-state index in [0.29, 0.717) is 17.7 Å². The van der Waals surface area contributed by atoms with Gasteiger partial charge in [0, 0.05) is 36.5 Å². The SMILES string of the molecule is Cc1ccc(C(=O)N2CCCC(c3ccn[nH]3)C2)cc1F. The Labute approximate surface area is 123 Å². The monoisotopic (exact) mass is 287 g/mol. The lowest BCUT2D eigenvalue weighted by atomic mass is 9.94. The van der Waals surface area contributed by atoms with Gasteiger partial charge in [0.15, 0.2) is 0 Å². The number of carbonyl (C=O) groups is 1. The molecule has 5 heteroatoms. The van der Waals surface area contributed by atoms with Crippen molar-refractivity contribution in [2.24, 2.45) is 0 Å². The van der Waals surface area contributed by atoms with Crippen LogP contribution in [0, 0.1) is 12.7 Å². The topological polar surface area (TPSA) is 49.0 Å². The van der Waals surface area contributed by atoms with E-state index in [-0.39, 0.29) is 17.6 Å². The first-order chi connectivity index (χ1) is 10.1. The number of nitrogens with zero attached hydrogens (tertiary/aromatic N) is 2. The van der Waals surface area contributed by atoms with Crippen LogP contribution in [0.15, 0.2) is 30.5 Å². The molecule has 0 aliphatic carbocycles. The van der Waals surface area contributed by atoms with Crippen molar-refractivity contribution >= 4 is 5.91 Å². The summed E-state index contributed by atoms with van der Waals surface area (Å²) < 4.78 is 13.6. The number of likely N-dealkylation sites (tertiary alicyclic amines) is 1. The van der Waals surface area contributed by atoms with Crippen molar-refractivity contribution in [3.05, 3.63) is 53.1 Å². The van der Waals surface area contributed by atoms with Crippen LogP contribution in [0.25, 0.3) is 0 Å². The van der Waals surface area contributed by atoms with Crippen molar-refractivity contribution < 1.29 is 9.18 Å². The van der Waals surface area contributed by atoms with Gasteiger partial charge in [0.25, 0.3) is 5.91 Å². The van der Waals surface area contributed by atoms with Gasteiger partial charge in [0.05, 0.1) is 0 Å². The number of nitrogens with one attached hydrogen (secondary N) is 1. The number of amides is 1. The summed E-state index contributed by atoms with van der Waals surface area (Å²) in [6.45, 7) is 3.06. The van der Waals surface area contributed by atoms with E-state index in [1.807, 2.05) is 6.07 Å². The maximum Gasteiger partial charge on any atom is 0.253 e. The number of piperidine rings is 1. The van der Waals surface area contributed by atoms with Crippen LogP contribution in [0.3, 0.4) is 0 Å². The first-order valence-corrected chi connectivity index (χ1v) is 7.20. The predicted molar refractivity (Wildman–Crippen MR) is 77.6 cm³/mol. The van der Waals surface area contributed by atoms with Gasteiger partial charge >= 0.3 is 0 Å². The Hall–Kier alpha value is -2.17. The van der Waals surface area contributed by atoms with Gasteiger partial charge in [-0.05, 0) is 43.5 Å². The first kappa shape index (κ1) is 13.8. The summed E-state index contributed by atoms with van der Waals surface area (Å²) in [6.07, 6.45) is 3.71. The summed E-state index contributed by atoms with van der Waals surface area (Å²) >= 11 is 0. The molecule has 1 fully saturated rings. The number of halogens is 1. The highest BCUT2D eigenvalue weighted by Gasteiger charge is 2.26. The normalized spacial score (nSPS) is 18.8. The van der Waals surface area contributed by atoms with Gasteiger partial charge < -0.3 is 4.90 Å². The zero-order valence-electron chi connectivity index (χ0n) is 12.0. The highest BCUT2D eigenvalue weighted by Crippen LogP contribution is 2.26. The molecule has 1 unspecified atom stereocenters. The molecule has 1 amide bonds. The van der Waals surface area contributed by atoms with Crippen LogP contribution in [-0.2, 0) is 0 Å². The standard InChI is InChI=1S/C16H18FN3O/c1-11-4-5-12(9-14(11)17)16(21)20-8-2-3-13(10-20)15-6-7-18-19-15/h4-7,9,13H,2-3,8,10H2,1H3,(H,18,19). The van der Waals surface area contributed by atoms with Crippen molar-refractivity contribution in [3.63, 3.8) is 0 Å². The third-order valence-corrected chi connectivity index (χ3v) is 4.09. The number of rotatable bonds is 2. The van der Waals surface area contributed by atoms with Gasteiger partial charge in [-0.2, -0.15) is 5.10 Å². The third kappa shape index (κ3) is 2.82. The minimum absolute atomic E-state index is 0.0990. The highest BCUT2D eigenvalue weighted by atomic mass is 19.1. The Bertz CT molecular complexity index is 639. The lowest BCUT2D eigenvalue weighted by Gasteiger charge is -2.32. The minimum atomic E-state index is -0.331. The first-order valence-electron chi connectivity index (χ1n) is 7.20. The second-order valence-electron chi connectivity index (χ2n) is 5.57. The summed E-state index contributed by atoms with van der Waals surface area (Å²) in [7, 11) is 0. The number of hydrogen-bond acceptors (Lipinski definition) is 2. The Morgan fingerprint density at radius 2 is 2.29 bits per heavy atom. The van der Waals surface area contributed by atoms with E-state index in [4.69, 9.17) is 0 Å². The van der Waals surface area contributed by atoms with Crippen LogP contribution in [0.1, 0.15) is 40.4 Å². The van der Waals surface area contributed by atoms with Crippen LogP contribution >= 0.6 is 0 Å². The summed E-state index contributed by atoms with van der Waals surface area (Å²) in [5.74, 6) is -0.151. The van der Waals surface area contributed by atoms with Crippen molar-refractivity contribution in [2.45, 2.75) is 25.7 Å². The fraction of sp³-hybridized carbons (Fsp3) is 0.375. The average Bonchev–Trinajstić information content (AvgIpc) is 3.04. The van der Waals surface area contributed by atoms with Gasteiger partial charge in [-0.3, -0.25) is 9.89 Å². The molecule has 1 saturated heterocycles. The highest BCUT2D eigenvalue weighted by molar-refractivity contribution is 5.94. The second kappa shape index (κ2) is 5.68. The molecule has 1 aromatic carbocycles. The predicted octanol–water partition coefficient (Wildman–Crippen LogP) is 2.88. The molecule has 0 spiro atoms. The number of aryl methyl sites for hydroxylation is 1. The zero-order chi connectivity index (χ0) is 14.8. The Balaban J connectivity index is 1.76. The van der Waals surface area contributed by atoms with Crippen LogP contribution < -0.4 is 0 Å². The quantitative estimate of drug-likeness (QED) is 0.923. The second-order valence-corrected chi connectivity index (χ2v) is 5.57. The lowest BCUT2D eigenvalue weighted by Crippen LogP contribution is -2.39. The van der Waals surface area contributed by atoms with Gasteiger partial charge in [-0.15, -0.1) is 0 Å². The van der Waals surface area contributed by atoms with Crippen molar-refractivity contribution in [1.82, 2.24) is 15.1 Å². The number of aromatic nitrogens is 2. The molecule has 0 radical (unpaired) electrons. The Morgan fingerprint density at radius 1 is 1.43 bits per heavy atom. The van der Waals surface area contributed by atoms with Gasteiger partial charge in [0.2, 0.25) is 0 Å². The molecular weight excluding hydrogens is 269 g/mol. The summed E-state index contributed by atoms with van der Waals surface area (Å²) in [5, 5.41) is 6.94. The molecule has 4 nitrogen and oxygen atoms in total. The van der Waals surface area contributed by atoms with Gasteiger partial charge in [0.1, 0.15) is 5.82 Å². The Kier molecular flexibility index (Phi) is 3.73. The maximum atomic E-state index is 13.6. The van der Waals surface area contributed by atoms with E-state index >= 15 is 0 Å². The van der Waals surface area contributed by atoms with Crippen LogP contribution in [0.5, 0.6) is 0 Å². The van der Waals surface area contributed by atoms with E-state index in [1.165, 1.54) is 6.07 Å². The van der Waals surface area contributed by atoms with Crippen LogP contribution in [0.2, 0.25) is 0 Å². The summed E-state index contributed by atoms with van der Waals surface area (Å²) in [5.41, 5.74) is 2.03. The van der Waals surface area contributed by atoms with Gasteiger partial charge in [-0.1, -0.05) is 6.07 Å². The molecule has 110 valence electrons. The smallest absolute Gasteiger partial charge is 0.253 e. The van der Waals surface area contributed by atoms with E-state index in [1.54, 1.807) is 30.2 Å². The molecule has 1 aliphatic heterocycles. The Morgan fingerprint density at radius 3 is 3.00 bits per heavy atom. The van der Waals surface area contributed by atoms with Crippen molar-refractivity contribution in [3.8, 4) is 0 Å². The average molecular weight is 287 g/mol. The molecule has 2 aromatic rings. The number of hydrogen-bond donors (Lipinski definition) is 1. The number of H-pyrrole nitrogens is 1. The molecule has 1 aliphatic rings. The van der Waals surface area contributed by atoms with Crippen molar-refractivity contribution in [1.29, 1.82) is 0 Å². The molecule has 0 saturated carbocycles. The zero-order valence-corrected chi connectivity index (χ0v) is 12.0. The molecule has 2 heterocycles. The summed E-state index contributed by atoms with van der Waals surface area (Å²) in [6, 6.07) is 6.63. The lowest BCUT2D eigenvalue weighted by molar-refractivity contribution is 0.0705. The molecule has 1 aromatic heterocycles. The van der Waals surface area contributed by atoms with Crippen LogP contribution in [0.4, 0.5) is 4.39 Å². The van der Waals surface area contributed by atoms with Crippen LogP contribution in [-0.4, -0.2) is 34.1 Å². The van der Waals surface area contributed by atoms with E-state index in [9.17, 15) is 9.18 Å². The molecular formula is C16H18FN3O. The third-order valence-electron chi connectivity index (χ3n) is 4.09. The largest absolute Gasteiger partial charge is 0.338 e. The molecule has 1 N–H and O–H groups in total. The van der Waals surface area contributed by atoms with Gasteiger partial charge in [-0.25, -0.2) is 4.39 Å². The molecule has 21 heavy (non-hydrogen) atoms. The molecule has 1 atom stereocenters. The molecule has 3 rings (SSSR count). The fourth-order valence-corrected chi connectivity index (χ4v) is 2.82. The summed E-state index contributed by atoms with van der Waals surface area (Å²) in [4.78, 5) is 14.3. The van der Waals surface area contributed by atoms with Crippen molar-refractivity contribution in [2.75, 3.05) is 13.1 Å². The number of aromatic amines is 1.